The summed E-state index contributed by atoms with van der Waals surface area (Å²) in [6, 6.07) is 6.20. The summed E-state index contributed by atoms with van der Waals surface area (Å²) in [5, 5.41) is 5.98. The lowest BCUT2D eigenvalue weighted by Gasteiger charge is -2.13. The molecule has 2 N–H and O–H groups in total. The lowest BCUT2D eigenvalue weighted by atomic mass is 10.1. The highest BCUT2D eigenvalue weighted by molar-refractivity contribution is 5.79. The number of aliphatic imine (C=N–C) groups is 1. The fourth-order valence-corrected chi connectivity index (χ4v) is 2.22. The van der Waals surface area contributed by atoms with Crippen LogP contribution in [0.25, 0.3) is 0 Å². The standard InChI is InChI=1S/C17H19F4N3O/c1-2-22-16(23-8-7-14-4-3-9-25-14)24-11-12-5-6-13(18)10-15(12)17(19,20)21/h3-6,9-10H,2,7-8,11H2,1H3,(H2,22,23,24). The second-order valence-corrected chi connectivity index (χ2v) is 5.25. The molecule has 1 aromatic carbocycles. The van der Waals surface area contributed by atoms with E-state index in [0.29, 0.717) is 31.5 Å². The zero-order valence-corrected chi connectivity index (χ0v) is 13.7. The van der Waals surface area contributed by atoms with Gasteiger partial charge in [-0.25, -0.2) is 9.38 Å². The molecule has 1 aromatic heterocycles. The monoisotopic (exact) mass is 357 g/mol. The highest BCUT2D eigenvalue weighted by Crippen LogP contribution is 2.32. The average molecular weight is 357 g/mol. The first-order valence-electron chi connectivity index (χ1n) is 7.80. The van der Waals surface area contributed by atoms with Gasteiger partial charge in [0.1, 0.15) is 11.6 Å². The van der Waals surface area contributed by atoms with Crippen LogP contribution in [0.4, 0.5) is 17.6 Å². The van der Waals surface area contributed by atoms with Crippen molar-refractivity contribution in [3.63, 3.8) is 0 Å². The van der Waals surface area contributed by atoms with E-state index < -0.39 is 17.6 Å². The van der Waals surface area contributed by atoms with Gasteiger partial charge in [-0.3, -0.25) is 0 Å². The minimum Gasteiger partial charge on any atom is -0.469 e. The van der Waals surface area contributed by atoms with Crippen molar-refractivity contribution in [2.45, 2.75) is 26.1 Å². The molecule has 0 aliphatic rings. The summed E-state index contributed by atoms with van der Waals surface area (Å²) in [7, 11) is 0. The second-order valence-electron chi connectivity index (χ2n) is 5.25. The van der Waals surface area contributed by atoms with Crippen molar-refractivity contribution in [3.05, 3.63) is 59.3 Å². The van der Waals surface area contributed by atoms with Crippen molar-refractivity contribution in [1.82, 2.24) is 10.6 Å². The van der Waals surface area contributed by atoms with Gasteiger partial charge in [0.25, 0.3) is 0 Å². The van der Waals surface area contributed by atoms with E-state index in [0.717, 1.165) is 17.9 Å². The predicted octanol–water partition coefficient (Wildman–Crippen LogP) is 3.74. The highest BCUT2D eigenvalue weighted by atomic mass is 19.4. The van der Waals surface area contributed by atoms with Crippen molar-refractivity contribution >= 4 is 5.96 Å². The fraction of sp³-hybridized carbons (Fsp3) is 0.353. The molecule has 0 saturated heterocycles. The number of hydrogen-bond donors (Lipinski definition) is 2. The van der Waals surface area contributed by atoms with E-state index in [1.165, 1.54) is 0 Å². The Hall–Kier alpha value is -2.51. The van der Waals surface area contributed by atoms with Crippen LogP contribution >= 0.6 is 0 Å². The van der Waals surface area contributed by atoms with Gasteiger partial charge in [-0.2, -0.15) is 13.2 Å². The maximum atomic E-state index is 13.1. The first kappa shape index (κ1) is 18.8. The molecular formula is C17H19F4N3O. The molecule has 1 heterocycles. The van der Waals surface area contributed by atoms with Gasteiger partial charge >= 0.3 is 6.18 Å². The van der Waals surface area contributed by atoms with Crippen molar-refractivity contribution in [3.8, 4) is 0 Å². The Kier molecular flexibility index (Phi) is 6.44. The van der Waals surface area contributed by atoms with Crippen molar-refractivity contribution in [1.29, 1.82) is 0 Å². The van der Waals surface area contributed by atoms with Gasteiger partial charge < -0.3 is 15.1 Å². The third kappa shape index (κ3) is 5.81. The van der Waals surface area contributed by atoms with Crippen LogP contribution in [0, 0.1) is 5.82 Å². The zero-order chi connectivity index (χ0) is 18.3. The lowest BCUT2D eigenvalue weighted by molar-refractivity contribution is -0.138. The largest absolute Gasteiger partial charge is 0.469 e. The van der Waals surface area contributed by atoms with E-state index in [4.69, 9.17) is 4.42 Å². The Morgan fingerprint density at radius 1 is 1.20 bits per heavy atom. The Labute approximate surface area is 142 Å². The summed E-state index contributed by atoms with van der Waals surface area (Å²) in [6.07, 6.45) is -2.44. The van der Waals surface area contributed by atoms with Crippen LogP contribution in [0.1, 0.15) is 23.8 Å². The van der Waals surface area contributed by atoms with Crippen LogP contribution < -0.4 is 10.6 Å². The van der Waals surface area contributed by atoms with E-state index in [9.17, 15) is 17.6 Å². The Morgan fingerprint density at radius 3 is 2.64 bits per heavy atom. The van der Waals surface area contributed by atoms with Gasteiger partial charge in [0.15, 0.2) is 5.96 Å². The van der Waals surface area contributed by atoms with Crippen molar-refractivity contribution in [2.75, 3.05) is 13.1 Å². The van der Waals surface area contributed by atoms with Crippen LogP contribution in [0.15, 0.2) is 46.0 Å². The summed E-state index contributed by atoms with van der Waals surface area (Å²) >= 11 is 0. The molecule has 0 spiro atoms. The molecule has 2 aromatic rings. The fourth-order valence-electron chi connectivity index (χ4n) is 2.22. The van der Waals surface area contributed by atoms with Crippen LogP contribution in [0.3, 0.4) is 0 Å². The molecular weight excluding hydrogens is 338 g/mol. The summed E-state index contributed by atoms with van der Waals surface area (Å²) < 4.78 is 57.3. The smallest absolute Gasteiger partial charge is 0.416 e. The summed E-state index contributed by atoms with van der Waals surface area (Å²) in [4.78, 5) is 4.15. The molecule has 0 bridgehead atoms. The molecule has 0 saturated carbocycles. The number of hydrogen-bond acceptors (Lipinski definition) is 2. The second kappa shape index (κ2) is 8.55. The highest BCUT2D eigenvalue weighted by Gasteiger charge is 2.33. The van der Waals surface area contributed by atoms with Crippen LogP contribution in [0.2, 0.25) is 0 Å². The molecule has 2 rings (SSSR count). The lowest BCUT2D eigenvalue weighted by Crippen LogP contribution is -2.38. The Bertz CT molecular complexity index is 696. The van der Waals surface area contributed by atoms with Gasteiger partial charge in [-0.15, -0.1) is 0 Å². The minimum absolute atomic E-state index is 0.0860. The first-order valence-corrected chi connectivity index (χ1v) is 7.80. The van der Waals surface area contributed by atoms with Gasteiger partial charge in [0.2, 0.25) is 0 Å². The van der Waals surface area contributed by atoms with Gasteiger partial charge in [-0.1, -0.05) is 6.07 Å². The number of alkyl halides is 3. The summed E-state index contributed by atoms with van der Waals surface area (Å²) in [5.41, 5.74) is -1.10. The molecule has 0 fully saturated rings. The normalized spacial score (nSPS) is 12.3. The number of guanidine groups is 1. The van der Waals surface area contributed by atoms with Gasteiger partial charge in [0, 0.05) is 19.5 Å². The molecule has 0 aliphatic heterocycles. The van der Waals surface area contributed by atoms with E-state index in [2.05, 4.69) is 15.6 Å². The molecule has 8 heteroatoms. The molecule has 0 amide bonds. The quantitative estimate of drug-likeness (QED) is 0.470. The zero-order valence-electron chi connectivity index (χ0n) is 13.7. The van der Waals surface area contributed by atoms with E-state index in [1.807, 2.05) is 13.0 Å². The number of halogens is 4. The van der Waals surface area contributed by atoms with E-state index in [1.54, 1.807) is 12.3 Å². The number of nitrogens with zero attached hydrogens (tertiary/aromatic N) is 1. The van der Waals surface area contributed by atoms with E-state index in [-0.39, 0.29) is 12.1 Å². The summed E-state index contributed by atoms with van der Waals surface area (Å²) in [6.45, 7) is 2.70. The van der Waals surface area contributed by atoms with Crippen molar-refractivity contribution < 1.29 is 22.0 Å². The topological polar surface area (TPSA) is 49.6 Å². The van der Waals surface area contributed by atoms with Crippen LogP contribution in [-0.2, 0) is 19.1 Å². The molecule has 0 radical (unpaired) electrons. The number of nitrogens with one attached hydrogen (secondary N) is 2. The molecule has 0 unspecified atom stereocenters. The third-order valence-corrected chi connectivity index (χ3v) is 3.37. The first-order chi connectivity index (χ1) is 11.9. The molecule has 0 aliphatic carbocycles. The number of benzene rings is 1. The maximum absolute atomic E-state index is 13.1. The van der Waals surface area contributed by atoms with Gasteiger partial charge in [0.05, 0.1) is 18.4 Å². The van der Waals surface area contributed by atoms with Crippen LogP contribution in [-0.4, -0.2) is 19.0 Å². The number of furan rings is 1. The minimum atomic E-state index is -4.63. The Balaban J connectivity index is 2.05. The molecule has 25 heavy (non-hydrogen) atoms. The van der Waals surface area contributed by atoms with Crippen LogP contribution in [0.5, 0.6) is 0 Å². The van der Waals surface area contributed by atoms with Crippen molar-refractivity contribution in [2.24, 2.45) is 4.99 Å². The van der Waals surface area contributed by atoms with E-state index >= 15 is 0 Å². The van der Waals surface area contributed by atoms with Gasteiger partial charge in [-0.05, 0) is 36.8 Å². The Morgan fingerprint density at radius 2 is 2.00 bits per heavy atom. The SMILES string of the molecule is CCNC(=NCc1ccc(F)cc1C(F)(F)F)NCCc1ccco1. The molecule has 0 atom stereocenters. The summed E-state index contributed by atoms with van der Waals surface area (Å²) in [5.74, 6) is 0.247. The maximum Gasteiger partial charge on any atom is 0.416 e. The average Bonchev–Trinajstić information content (AvgIpc) is 3.06. The molecule has 136 valence electrons. The third-order valence-electron chi connectivity index (χ3n) is 3.37. The number of rotatable bonds is 6. The molecule has 4 nitrogen and oxygen atoms in total. The predicted molar refractivity (Wildman–Crippen MR) is 86.6 cm³/mol.